The number of rotatable bonds is 3. The van der Waals surface area contributed by atoms with Crippen LogP contribution < -0.4 is 5.32 Å². The normalized spacial score (nSPS) is 10.1. The number of aromatic nitrogens is 2. The van der Waals surface area contributed by atoms with E-state index in [0.29, 0.717) is 6.54 Å². The van der Waals surface area contributed by atoms with Gasteiger partial charge in [0.1, 0.15) is 6.33 Å². The lowest BCUT2D eigenvalue weighted by Gasteiger charge is -2.06. The van der Waals surface area contributed by atoms with Crippen LogP contribution >= 0.6 is 27.5 Å². The molecule has 0 saturated heterocycles. The molecular weight excluding hydrogens is 289 g/mol. The molecule has 2 aromatic rings. The van der Waals surface area contributed by atoms with E-state index in [0.717, 1.165) is 20.7 Å². The van der Waals surface area contributed by atoms with Crippen LogP contribution in [0.15, 0.2) is 41.4 Å². The van der Waals surface area contributed by atoms with Crippen LogP contribution in [-0.4, -0.2) is 9.97 Å². The van der Waals surface area contributed by atoms with E-state index < -0.39 is 0 Å². The Balaban J connectivity index is 2.05. The van der Waals surface area contributed by atoms with Crippen molar-refractivity contribution in [3.05, 3.63) is 52.0 Å². The van der Waals surface area contributed by atoms with Crippen molar-refractivity contribution in [3.8, 4) is 0 Å². The van der Waals surface area contributed by atoms with Crippen molar-refractivity contribution in [2.75, 3.05) is 5.32 Å². The number of nitrogens with zero attached hydrogens (tertiary/aromatic N) is 2. The molecule has 3 nitrogen and oxygen atoms in total. The maximum atomic E-state index is 5.95. The van der Waals surface area contributed by atoms with Gasteiger partial charge in [0.15, 0.2) is 0 Å². The molecule has 1 heterocycles. The van der Waals surface area contributed by atoms with Crippen molar-refractivity contribution in [2.45, 2.75) is 6.54 Å². The molecule has 0 unspecified atom stereocenters. The molecule has 5 heteroatoms. The minimum atomic E-state index is 0.687. The van der Waals surface area contributed by atoms with Gasteiger partial charge in [-0.1, -0.05) is 27.5 Å². The predicted octanol–water partition coefficient (Wildman–Crippen LogP) is 3.50. The van der Waals surface area contributed by atoms with Gasteiger partial charge in [0.25, 0.3) is 0 Å². The summed E-state index contributed by atoms with van der Waals surface area (Å²) in [5, 5.41) is 3.93. The Morgan fingerprint density at radius 1 is 1.19 bits per heavy atom. The van der Waals surface area contributed by atoms with Gasteiger partial charge >= 0.3 is 0 Å². The van der Waals surface area contributed by atoms with Crippen LogP contribution in [0.4, 0.5) is 5.69 Å². The lowest BCUT2D eigenvalue weighted by molar-refractivity contribution is 1.10. The second-order valence-corrected chi connectivity index (χ2v) is 4.61. The van der Waals surface area contributed by atoms with Crippen LogP contribution in [0.3, 0.4) is 0 Å². The Hall–Kier alpha value is -1.13. The molecule has 2 rings (SSSR count). The molecule has 16 heavy (non-hydrogen) atoms. The van der Waals surface area contributed by atoms with Gasteiger partial charge in [0, 0.05) is 16.0 Å². The first-order valence-corrected chi connectivity index (χ1v) is 5.85. The first kappa shape index (κ1) is 11.4. The predicted molar refractivity (Wildman–Crippen MR) is 68.5 cm³/mol. The lowest BCUT2D eigenvalue weighted by Crippen LogP contribution is -2.00. The Labute approximate surface area is 107 Å². The summed E-state index contributed by atoms with van der Waals surface area (Å²) in [7, 11) is 0. The molecule has 0 amide bonds. The first-order chi connectivity index (χ1) is 7.74. The SMILES string of the molecule is Clc1cc(Br)cc(CNc2cncnc2)c1. The van der Waals surface area contributed by atoms with Crippen molar-refractivity contribution in [3.63, 3.8) is 0 Å². The van der Waals surface area contributed by atoms with Crippen LogP contribution in [0.2, 0.25) is 5.02 Å². The van der Waals surface area contributed by atoms with Crippen molar-refractivity contribution >= 4 is 33.2 Å². The standard InChI is InChI=1S/C11H9BrClN3/c12-9-1-8(2-10(13)3-9)4-16-11-5-14-7-15-6-11/h1-3,5-7,16H,4H2. The van der Waals surface area contributed by atoms with Crippen LogP contribution in [-0.2, 0) is 6.54 Å². The number of benzene rings is 1. The van der Waals surface area contributed by atoms with Gasteiger partial charge in [-0.15, -0.1) is 0 Å². The van der Waals surface area contributed by atoms with Crippen LogP contribution in [0.5, 0.6) is 0 Å². The van der Waals surface area contributed by atoms with Gasteiger partial charge in [-0.2, -0.15) is 0 Å². The molecule has 0 saturated carbocycles. The maximum Gasteiger partial charge on any atom is 0.115 e. The average molecular weight is 299 g/mol. The highest BCUT2D eigenvalue weighted by Crippen LogP contribution is 2.20. The summed E-state index contributed by atoms with van der Waals surface area (Å²) in [6, 6.07) is 5.79. The second kappa shape index (κ2) is 5.27. The molecule has 0 atom stereocenters. The summed E-state index contributed by atoms with van der Waals surface area (Å²) < 4.78 is 0.973. The minimum Gasteiger partial charge on any atom is -0.378 e. The van der Waals surface area contributed by atoms with E-state index >= 15 is 0 Å². The second-order valence-electron chi connectivity index (χ2n) is 3.26. The molecule has 1 N–H and O–H groups in total. The molecule has 1 aromatic heterocycles. The molecule has 82 valence electrons. The van der Waals surface area contributed by atoms with Crippen LogP contribution in [0, 0.1) is 0 Å². The van der Waals surface area contributed by atoms with E-state index in [1.54, 1.807) is 12.4 Å². The van der Waals surface area contributed by atoms with Gasteiger partial charge in [-0.3, -0.25) is 0 Å². The van der Waals surface area contributed by atoms with Gasteiger partial charge < -0.3 is 5.32 Å². The highest BCUT2D eigenvalue weighted by Gasteiger charge is 1.98. The quantitative estimate of drug-likeness (QED) is 0.942. The molecule has 0 aliphatic heterocycles. The van der Waals surface area contributed by atoms with E-state index in [-0.39, 0.29) is 0 Å². The Morgan fingerprint density at radius 3 is 2.62 bits per heavy atom. The van der Waals surface area contributed by atoms with Gasteiger partial charge in [0.2, 0.25) is 0 Å². The van der Waals surface area contributed by atoms with Crippen molar-refractivity contribution < 1.29 is 0 Å². The molecule has 0 aliphatic carbocycles. The van der Waals surface area contributed by atoms with Crippen molar-refractivity contribution in [1.29, 1.82) is 0 Å². The number of nitrogens with one attached hydrogen (secondary N) is 1. The molecular formula is C11H9BrClN3. The fraction of sp³-hybridized carbons (Fsp3) is 0.0909. The van der Waals surface area contributed by atoms with E-state index in [1.807, 2.05) is 18.2 Å². The smallest absolute Gasteiger partial charge is 0.115 e. The van der Waals surface area contributed by atoms with E-state index in [1.165, 1.54) is 6.33 Å². The number of hydrogen-bond donors (Lipinski definition) is 1. The molecule has 0 radical (unpaired) electrons. The zero-order chi connectivity index (χ0) is 11.4. The molecule has 0 fully saturated rings. The summed E-state index contributed by atoms with van der Waals surface area (Å²) in [5.41, 5.74) is 1.99. The summed E-state index contributed by atoms with van der Waals surface area (Å²) >= 11 is 9.35. The van der Waals surface area contributed by atoms with E-state index in [2.05, 4.69) is 31.2 Å². The Bertz CT molecular complexity index is 456. The lowest BCUT2D eigenvalue weighted by atomic mass is 10.2. The summed E-state index contributed by atoms with van der Waals surface area (Å²) in [5.74, 6) is 0. The van der Waals surface area contributed by atoms with Gasteiger partial charge in [-0.25, -0.2) is 9.97 Å². The zero-order valence-corrected chi connectivity index (χ0v) is 10.7. The summed E-state index contributed by atoms with van der Waals surface area (Å²) in [4.78, 5) is 7.85. The van der Waals surface area contributed by atoms with Crippen LogP contribution in [0.25, 0.3) is 0 Å². The molecule has 0 spiro atoms. The monoisotopic (exact) mass is 297 g/mol. The Kier molecular flexibility index (Phi) is 3.74. The molecule has 1 aromatic carbocycles. The van der Waals surface area contributed by atoms with Crippen LogP contribution in [0.1, 0.15) is 5.56 Å². The Morgan fingerprint density at radius 2 is 1.94 bits per heavy atom. The van der Waals surface area contributed by atoms with E-state index in [4.69, 9.17) is 11.6 Å². The molecule has 0 aliphatic rings. The fourth-order valence-electron chi connectivity index (χ4n) is 1.31. The van der Waals surface area contributed by atoms with Gasteiger partial charge in [-0.05, 0) is 23.8 Å². The average Bonchev–Trinajstić information content (AvgIpc) is 2.27. The topological polar surface area (TPSA) is 37.8 Å². The largest absolute Gasteiger partial charge is 0.378 e. The number of halogens is 2. The number of hydrogen-bond acceptors (Lipinski definition) is 3. The van der Waals surface area contributed by atoms with Gasteiger partial charge in [0.05, 0.1) is 18.1 Å². The first-order valence-electron chi connectivity index (χ1n) is 4.68. The zero-order valence-electron chi connectivity index (χ0n) is 8.32. The van der Waals surface area contributed by atoms with Crippen molar-refractivity contribution in [1.82, 2.24) is 9.97 Å². The maximum absolute atomic E-state index is 5.95. The highest BCUT2D eigenvalue weighted by atomic mass is 79.9. The summed E-state index contributed by atoms with van der Waals surface area (Å²) in [6.45, 7) is 0.687. The van der Waals surface area contributed by atoms with Crippen molar-refractivity contribution in [2.24, 2.45) is 0 Å². The molecule has 0 bridgehead atoms. The number of anilines is 1. The highest BCUT2D eigenvalue weighted by molar-refractivity contribution is 9.10. The summed E-state index contributed by atoms with van der Waals surface area (Å²) in [6.07, 6.45) is 4.96. The van der Waals surface area contributed by atoms with E-state index in [9.17, 15) is 0 Å². The minimum absolute atomic E-state index is 0.687. The third kappa shape index (κ3) is 3.18. The third-order valence-corrected chi connectivity index (χ3v) is 2.66. The third-order valence-electron chi connectivity index (χ3n) is 1.98. The fourth-order valence-corrected chi connectivity index (χ4v) is 2.24.